The summed E-state index contributed by atoms with van der Waals surface area (Å²) in [7, 11) is 0. The van der Waals surface area contributed by atoms with Crippen molar-refractivity contribution >= 4 is 43.9 Å². The third kappa shape index (κ3) is 4.41. The average molecular weight is 463 g/mol. The highest BCUT2D eigenvalue weighted by Gasteiger charge is 2.26. The van der Waals surface area contributed by atoms with E-state index in [2.05, 4.69) is 54.3 Å². The number of benzene rings is 2. The number of rotatable bonds is 5. The van der Waals surface area contributed by atoms with E-state index < -0.39 is 6.04 Å². The van der Waals surface area contributed by atoms with E-state index >= 15 is 0 Å². The molecule has 0 radical (unpaired) electrons. The number of carbonyl (C=O) groups excluding carboxylic acids is 1. The Morgan fingerprint density at radius 1 is 1.06 bits per heavy atom. The highest BCUT2D eigenvalue weighted by molar-refractivity contribution is 7.22. The van der Waals surface area contributed by atoms with Crippen molar-refractivity contribution in [1.82, 2.24) is 9.88 Å². The predicted octanol–water partition coefficient (Wildman–Crippen LogP) is 4.55. The summed E-state index contributed by atoms with van der Waals surface area (Å²) in [6.07, 6.45) is 0.609. The van der Waals surface area contributed by atoms with Crippen LogP contribution in [0.3, 0.4) is 0 Å². The Morgan fingerprint density at radius 3 is 2.53 bits per heavy atom. The van der Waals surface area contributed by atoms with E-state index in [0.717, 1.165) is 28.6 Å². The summed E-state index contributed by atoms with van der Waals surface area (Å²) in [5.41, 5.74) is 10.9. The van der Waals surface area contributed by atoms with E-state index in [1.54, 1.807) is 22.7 Å². The van der Waals surface area contributed by atoms with Gasteiger partial charge < -0.3 is 15.5 Å². The van der Waals surface area contributed by atoms with E-state index in [4.69, 9.17) is 10.7 Å². The largest absolute Gasteiger partial charge is 0.345 e. The number of hydrogen-bond acceptors (Lipinski definition) is 6. The number of aromatic nitrogens is 1. The lowest BCUT2D eigenvalue weighted by atomic mass is 10.0. The van der Waals surface area contributed by atoms with Crippen LogP contribution in [0.25, 0.3) is 21.3 Å². The van der Waals surface area contributed by atoms with Gasteiger partial charge in [0, 0.05) is 37.5 Å². The second kappa shape index (κ2) is 9.02. The van der Waals surface area contributed by atoms with Crippen molar-refractivity contribution in [3.63, 3.8) is 0 Å². The number of carbonyl (C=O) groups is 1. The fourth-order valence-electron chi connectivity index (χ4n) is 4.06. The van der Waals surface area contributed by atoms with Crippen molar-refractivity contribution in [1.29, 1.82) is 0 Å². The van der Waals surface area contributed by atoms with Crippen LogP contribution in [-0.2, 0) is 11.2 Å². The number of nitrogens with zero attached hydrogens (tertiary/aromatic N) is 3. The Kier molecular flexibility index (Phi) is 5.95. The van der Waals surface area contributed by atoms with Crippen LogP contribution in [0.15, 0.2) is 60.0 Å². The maximum Gasteiger partial charge on any atom is 0.239 e. The van der Waals surface area contributed by atoms with E-state index in [-0.39, 0.29) is 5.91 Å². The molecule has 3 heterocycles. The van der Waals surface area contributed by atoms with E-state index in [0.29, 0.717) is 19.5 Å². The van der Waals surface area contributed by atoms with Crippen LogP contribution >= 0.6 is 22.7 Å². The van der Waals surface area contributed by atoms with Gasteiger partial charge in [0.2, 0.25) is 5.91 Å². The molecule has 164 valence electrons. The molecule has 2 N–H and O–H groups in total. The number of piperazine rings is 1. The molecule has 1 fully saturated rings. The molecule has 0 aliphatic carbocycles. The maximum atomic E-state index is 12.8. The Morgan fingerprint density at radius 2 is 1.81 bits per heavy atom. The normalized spacial score (nSPS) is 15.3. The van der Waals surface area contributed by atoms with E-state index in [9.17, 15) is 4.79 Å². The summed E-state index contributed by atoms with van der Waals surface area (Å²) in [4.78, 5) is 23.0. The molecule has 1 saturated heterocycles. The Bertz CT molecular complexity index is 1210. The van der Waals surface area contributed by atoms with Crippen LogP contribution in [0.4, 0.5) is 5.13 Å². The summed E-state index contributed by atoms with van der Waals surface area (Å²) < 4.78 is 1.19. The minimum Gasteiger partial charge on any atom is -0.345 e. The first-order valence-electron chi connectivity index (χ1n) is 10.9. The molecule has 2 aromatic heterocycles. The van der Waals surface area contributed by atoms with Crippen molar-refractivity contribution in [2.45, 2.75) is 19.4 Å². The third-order valence-corrected chi connectivity index (χ3v) is 7.92. The highest BCUT2D eigenvalue weighted by Crippen LogP contribution is 2.33. The summed E-state index contributed by atoms with van der Waals surface area (Å²) in [5, 5.41) is 3.04. The van der Waals surface area contributed by atoms with Gasteiger partial charge in [-0.3, -0.25) is 4.79 Å². The second-order valence-electron chi connectivity index (χ2n) is 8.25. The SMILES string of the molecule is Cc1ccc(-c2ccc3nc(N4CCN(C(=O)[C@@H](N)Cc5cccs5)CC4)sc3c2)cc1. The van der Waals surface area contributed by atoms with Crippen LogP contribution in [-0.4, -0.2) is 48.0 Å². The molecule has 0 unspecified atom stereocenters. The van der Waals surface area contributed by atoms with Crippen LogP contribution in [0, 0.1) is 6.92 Å². The number of fused-ring (bicyclic) bond motifs is 1. The fraction of sp³-hybridized carbons (Fsp3) is 0.280. The first-order chi connectivity index (χ1) is 15.6. The lowest BCUT2D eigenvalue weighted by molar-refractivity contribution is -0.132. The number of thiophene rings is 1. The molecule has 1 amide bonds. The Labute approximate surface area is 196 Å². The van der Waals surface area contributed by atoms with Crippen LogP contribution in [0.2, 0.25) is 0 Å². The van der Waals surface area contributed by atoms with Gasteiger partial charge in [-0.2, -0.15) is 0 Å². The summed E-state index contributed by atoms with van der Waals surface area (Å²) >= 11 is 3.37. The molecule has 1 atom stereocenters. The first-order valence-corrected chi connectivity index (χ1v) is 12.6. The quantitative estimate of drug-likeness (QED) is 0.473. The van der Waals surface area contributed by atoms with Crippen molar-refractivity contribution in [3.05, 3.63) is 70.4 Å². The molecule has 7 heteroatoms. The summed E-state index contributed by atoms with van der Waals surface area (Å²) in [5.74, 6) is 0.0464. The van der Waals surface area contributed by atoms with Gasteiger partial charge in [0.05, 0.1) is 16.3 Å². The topological polar surface area (TPSA) is 62.5 Å². The molecule has 1 aliphatic heterocycles. The predicted molar refractivity (Wildman–Crippen MR) is 135 cm³/mol. The number of nitrogens with two attached hydrogens (primary N) is 1. The molecule has 0 bridgehead atoms. The van der Waals surface area contributed by atoms with Gasteiger partial charge in [0.15, 0.2) is 5.13 Å². The monoisotopic (exact) mass is 462 g/mol. The van der Waals surface area contributed by atoms with Crippen molar-refractivity contribution in [2.24, 2.45) is 5.73 Å². The molecule has 4 aromatic rings. The Hall–Kier alpha value is -2.74. The zero-order chi connectivity index (χ0) is 22.1. The Balaban J connectivity index is 1.24. The van der Waals surface area contributed by atoms with Crippen LogP contribution in [0.5, 0.6) is 0 Å². The molecule has 5 rings (SSSR count). The van der Waals surface area contributed by atoms with Crippen molar-refractivity contribution in [2.75, 3.05) is 31.1 Å². The molecule has 32 heavy (non-hydrogen) atoms. The maximum absolute atomic E-state index is 12.8. The van der Waals surface area contributed by atoms with E-state index in [1.807, 2.05) is 22.4 Å². The van der Waals surface area contributed by atoms with Gasteiger partial charge in [0.25, 0.3) is 0 Å². The van der Waals surface area contributed by atoms with Crippen molar-refractivity contribution < 1.29 is 4.79 Å². The second-order valence-corrected chi connectivity index (χ2v) is 10.3. The smallest absolute Gasteiger partial charge is 0.239 e. The molecule has 2 aromatic carbocycles. The molecule has 1 aliphatic rings. The molecular weight excluding hydrogens is 436 g/mol. The van der Waals surface area contributed by atoms with Gasteiger partial charge in [0.1, 0.15) is 0 Å². The minimum atomic E-state index is -0.470. The molecule has 0 saturated carbocycles. The van der Waals surface area contributed by atoms with E-state index in [1.165, 1.54) is 21.4 Å². The average Bonchev–Trinajstić information content (AvgIpc) is 3.48. The van der Waals surface area contributed by atoms with Crippen LogP contribution < -0.4 is 10.6 Å². The number of amides is 1. The van der Waals surface area contributed by atoms with Gasteiger partial charge in [-0.15, -0.1) is 11.3 Å². The summed E-state index contributed by atoms with van der Waals surface area (Å²) in [6, 6.07) is 18.7. The number of aryl methyl sites for hydroxylation is 1. The first kappa shape index (κ1) is 21.1. The standard InChI is InChI=1S/C25H26N4OS2/c1-17-4-6-18(7-5-17)19-8-9-22-23(15-19)32-25(27-22)29-12-10-28(11-13-29)24(30)21(26)16-20-3-2-14-31-20/h2-9,14-15,21H,10-13,16,26H2,1H3/t21-/m0/s1. The molecule has 5 nitrogen and oxygen atoms in total. The number of hydrogen-bond donors (Lipinski definition) is 1. The third-order valence-electron chi connectivity index (χ3n) is 5.94. The van der Waals surface area contributed by atoms with Gasteiger partial charge in [-0.1, -0.05) is 53.3 Å². The van der Waals surface area contributed by atoms with Gasteiger partial charge >= 0.3 is 0 Å². The van der Waals surface area contributed by atoms with Gasteiger partial charge in [-0.05, 0) is 41.6 Å². The zero-order valence-electron chi connectivity index (χ0n) is 18.0. The molecular formula is C25H26N4OS2. The zero-order valence-corrected chi connectivity index (χ0v) is 19.7. The number of thiazole rings is 1. The molecule has 0 spiro atoms. The highest BCUT2D eigenvalue weighted by atomic mass is 32.1. The number of anilines is 1. The van der Waals surface area contributed by atoms with Crippen molar-refractivity contribution in [3.8, 4) is 11.1 Å². The van der Waals surface area contributed by atoms with Crippen LogP contribution in [0.1, 0.15) is 10.4 Å². The minimum absolute atomic E-state index is 0.0464. The lowest BCUT2D eigenvalue weighted by Crippen LogP contribution is -2.53. The summed E-state index contributed by atoms with van der Waals surface area (Å²) in [6.45, 7) is 5.03. The lowest BCUT2D eigenvalue weighted by Gasteiger charge is -2.35. The van der Waals surface area contributed by atoms with Gasteiger partial charge in [-0.25, -0.2) is 4.98 Å². The fourth-order valence-corrected chi connectivity index (χ4v) is 5.88.